The van der Waals surface area contributed by atoms with Crippen LogP contribution in [-0.2, 0) is 0 Å². The van der Waals surface area contributed by atoms with Crippen LogP contribution in [0.4, 0.5) is 4.39 Å². The minimum Gasteiger partial charge on any atom is -0.496 e. The topological polar surface area (TPSA) is 21.3 Å². The van der Waals surface area contributed by atoms with Gasteiger partial charge >= 0.3 is 0 Å². The first-order valence-electron chi connectivity index (χ1n) is 6.74. The fourth-order valence-corrected chi connectivity index (χ4v) is 3.12. The monoisotopic (exact) mass is 251 g/mol. The van der Waals surface area contributed by atoms with Crippen molar-refractivity contribution in [2.45, 2.75) is 31.6 Å². The fraction of sp³-hybridized carbons (Fsp3) is 0.600. The van der Waals surface area contributed by atoms with E-state index in [4.69, 9.17) is 4.74 Å². The quantitative estimate of drug-likeness (QED) is 0.886. The van der Waals surface area contributed by atoms with Gasteiger partial charge in [0.25, 0.3) is 0 Å². The Labute approximate surface area is 109 Å². The Bertz CT molecular complexity index is 392. The van der Waals surface area contributed by atoms with Gasteiger partial charge in [-0.15, -0.1) is 0 Å². The number of rotatable bonds is 4. The predicted octanol–water partition coefficient (Wildman–Crippen LogP) is 3.33. The minimum atomic E-state index is -0.167. The average molecular weight is 251 g/mol. The molecule has 0 aliphatic heterocycles. The van der Waals surface area contributed by atoms with Gasteiger partial charge in [0.2, 0.25) is 0 Å². The van der Waals surface area contributed by atoms with Gasteiger partial charge in [-0.05, 0) is 56.5 Å². The number of hydrogen-bond acceptors (Lipinski definition) is 2. The number of halogens is 1. The van der Waals surface area contributed by atoms with Gasteiger partial charge in [-0.3, -0.25) is 0 Å². The van der Waals surface area contributed by atoms with E-state index >= 15 is 0 Å². The molecule has 0 saturated heterocycles. The zero-order valence-corrected chi connectivity index (χ0v) is 11.2. The number of benzene rings is 1. The summed E-state index contributed by atoms with van der Waals surface area (Å²) in [4.78, 5) is 0. The molecule has 1 aromatic carbocycles. The van der Waals surface area contributed by atoms with Crippen molar-refractivity contribution in [3.8, 4) is 5.75 Å². The second-order valence-electron chi connectivity index (χ2n) is 5.09. The van der Waals surface area contributed by atoms with Crippen molar-refractivity contribution < 1.29 is 9.13 Å². The van der Waals surface area contributed by atoms with Crippen molar-refractivity contribution in [1.29, 1.82) is 0 Å². The van der Waals surface area contributed by atoms with Crippen LogP contribution in [0.1, 0.15) is 37.2 Å². The van der Waals surface area contributed by atoms with Crippen LogP contribution in [0.2, 0.25) is 0 Å². The van der Waals surface area contributed by atoms with Gasteiger partial charge in [-0.2, -0.15) is 0 Å². The first-order valence-corrected chi connectivity index (χ1v) is 6.74. The van der Waals surface area contributed by atoms with E-state index in [1.165, 1.54) is 25.3 Å². The summed E-state index contributed by atoms with van der Waals surface area (Å²) in [6, 6.07) is 4.87. The number of methoxy groups -OCH3 is 1. The normalized spacial score (nSPS) is 23.9. The molecule has 0 aromatic heterocycles. The van der Waals surface area contributed by atoms with Crippen LogP contribution in [0.25, 0.3) is 0 Å². The third-order valence-corrected chi connectivity index (χ3v) is 3.97. The molecule has 1 N–H and O–H groups in total. The summed E-state index contributed by atoms with van der Waals surface area (Å²) in [5.74, 6) is 1.65. The van der Waals surface area contributed by atoms with Gasteiger partial charge in [-0.25, -0.2) is 4.39 Å². The molecule has 2 rings (SSSR count). The van der Waals surface area contributed by atoms with E-state index in [0.29, 0.717) is 11.8 Å². The van der Waals surface area contributed by atoms with Crippen molar-refractivity contribution >= 4 is 0 Å². The maximum absolute atomic E-state index is 13.5. The molecule has 1 fully saturated rings. The van der Waals surface area contributed by atoms with E-state index in [-0.39, 0.29) is 5.82 Å². The van der Waals surface area contributed by atoms with E-state index in [9.17, 15) is 4.39 Å². The molecule has 1 aliphatic rings. The molecule has 3 heteroatoms. The Morgan fingerprint density at radius 1 is 1.33 bits per heavy atom. The maximum Gasteiger partial charge on any atom is 0.123 e. The molecule has 2 atom stereocenters. The highest BCUT2D eigenvalue weighted by Gasteiger charge is 2.28. The van der Waals surface area contributed by atoms with E-state index in [1.807, 2.05) is 7.05 Å². The molecule has 0 spiro atoms. The Hall–Kier alpha value is -1.09. The van der Waals surface area contributed by atoms with E-state index in [0.717, 1.165) is 24.3 Å². The summed E-state index contributed by atoms with van der Waals surface area (Å²) in [7, 11) is 3.64. The highest BCUT2D eigenvalue weighted by Crippen LogP contribution is 2.41. The van der Waals surface area contributed by atoms with Gasteiger partial charge in [0.05, 0.1) is 7.11 Å². The molecule has 0 radical (unpaired) electrons. The molecule has 18 heavy (non-hydrogen) atoms. The van der Waals surface area contributed by atoms with Crippen molar-refractivity contribution in [1.82, 2.24) is 5.32 Å². The first kappa shape index (κ1) is 13.3. The molecule has 1 saturated carbocycles. The van der Waals surface area contributed by atoms with Gasteiger partial charge in [0, 0.05) is 5.56 Å². The van der Waals surface area contributed by atoms with Crippen LogP contribution in [0.15, 0.2) is 18.2 Å². The molecule has 0 bridgehead atoms. The van der Waals surface area contributed by atoms with Gasteiger partial charge < -0.3 is 10.1 Å². The van der Waals surface area contributed by atoms with Crippen LogP contribution in [0.5, 0.6) is 5.75 Å². The summed E-state index contributed by atoms with van der Waals surface area (Å²) in [5.41, 5.74) is 1.04. The largest absolute Gasteiger partial charge is 0.496 e. The Morgan fingerprint density at radius 3 is 2.83 bits per heavy atom. The molecule has 2 unspecified atom stereocenters. The second kappa shape index (κ2) is 6.19. The lowest BCUT2D eigenvalue weighted by atomic mass is 9.75. The molecule has 100 valence electrons. The zero-order chi connectivity index (χ0) is 13.0. The Morgan fingerprint density at radius 2 is 2.11 bits per heavy atom. The second-order valence-corrected chi connectivity index (χ2v) is 5.09. The van der Waals surface area contributed by atoms with Gasteiger partial charge in [0.1, 0.15) is 11.6 Å². The number of nitrogens with one attached hydrogen (secondary N) is 1. The third kappa shape index (κ3) is 2.83. The van der Waals surface area contributed by atoms with Crippen molar-refractivity contribution in [3.05, 3.63) is 29.6 Å². The van der Waals surface area contributed by atoms with Crippen molar-refractivity contribution in [2.75, 3.05) is 20.7 Å². The first-order chi connectivity index (χ1) is 8.76. The van der Waals surface area contributed by atoms with E-state index in [2.05, 4.69) is 5.32 Å². The molecular weight excluding hydrogens is 229 g/mol. The molecule has 2 nitrogen and oxygen atoms in total. The summed E-state index contributed by atoms with van der Waals surface area (Å²) in [6.07, 6.45) is 4.85. The lowest BCUT2D eigenvalue weighted by molar-refractivity contribution is 0.292. The summed E-state index contributed by atoms with van der Waals surface area (Å²) < 4.78 is 18.9. The average Bonchev–Trinajstić information content (AvgIpc) is 2.40. The lowest BCUT2D eigenvalue weighted by Gasteiger charge is -2.32. The van der Waals surface area contributed by atoms with Crippen molar-refractivity contribution in [2.24, 2.45) is 5.92 Å². The molecule has 0 heterocycles. The molecule has 1 aromatic rings. The number of hydrogen-bond donors (Lipinski definition) is 1. The fourth-order valence-electron chi connectivity index (χ4n) is 3.12. The maximum atomic E-state index is 13.5. The predicted molar refractivity (Wildman–Crippen MR) is 71.6 cm³/mol. The van der Waals surface area contributed by atoms with Gasteiger partial charge in [-0.1, -0.05) is 12.8 Å². The third-order valence-electron chi connectivity index (χ3n) is 3.97. The summed E-state index contributed by atoms with van der Waals surface area (Å²) in [6.45, 7) is 0.990. The summed E-state index contributed by atoms with van der Waals surface area (Å²) in [5, 5.41) is 3.25. The zero-order valence-electron chi connectivity index (χ0n) is 11.2. The SMILES string of the molecule is CNCC1CCCCC1c1cc(F)ccc1OC. The highest BCUT2D eigenvalue weighted by atomic mass is 19.1. The van der Waals surface area contributed by atoms with E-state index < -0.39 is 0 Å². The van der Waals surface area contributed by atoms with Crippen LogP contribution in [-0.4, -0.2) is 20.7 Å². The van der Waals surface area contributed by atoms with Crippen LogP contribution >= 0.6 is 0 Å². The minimum absolute atomic E-state index is 0.167. The Balaban J connectivity index is 2.29. The smallest absolute Gasteiger partial charge is 0.123 e. The molecular formula is C15H22FNO. The Kier molecular flexibility index (Phi) is 4.59. The van der Waals surface area contributed by atoms with Crippen LogP contribution < -0.4 is 10.1 Å². The van der Waals surface area contributed by atoms with Crippen molar-refractivity contribution in [3.63, 3.8) is 0 Å². The molecule has 0 amide bonds. The lowest BCUT2D eigenvalue weighted by Crippen LogP contribution is -2.27. The van der Waals surface area contributed by atoms with Gasteiger partial charge in [0.15, 0.2) is 0 Å². The van der Waals surface area contributed by atoms with Crippen LogP contribution in [0, 0.1) is 11.7 Å². The molecule has 1 aliphatic carbocycles. The summed E-state index contributed by atoms with van der Waals surface area (Å²) >= 11 is 0. The van der Waals surface area contributed by atoms with E-state index in [1.54, 1.807) is 19.2 Å². The number of ether oxygens (including phenoxy) is 1. The highest BCUT2D eigenvalue weighted by molar-refractivity contribution is 5.37. The standard InChI is InChI=1S/C15H22FNO/c1-17-10-11-5-3-4-6-13(11)14-9-12(16)7-8-15(14)18-2/h7-9,11,13,17H,3-6,10H2,1-2H3. The van der Waals surface area contributed by atoms with Crippen LogP contribution in [0.3, 0.4) is 0 Å².